The number of rotatable bonds is 21. The molecule has 0 aromatic heterocycles. The smallest absolute Gasteiger partial charge is 0.407 e. The molecule has 3 fully saturated rings. The average Bonchev–Trinajstić information content (AvgIpc) is 4.02. The van der Waals surface area contributed by atoms with Crippen LogP contribution in [-0.4, -0.2) is 75.6 Å². The topological polar surface area (TPSA) is 209 Å². The summed E-state index contributed by atoms with van der Waals surface area (Å²) >= 11 is 3.53. The standard InChI is InChI=1S/C30H46N6O7S.C2H6.CH4S/c1-19(43-30(40)34-15-7-8-22(31)29(32)39)21-16-20(12-13-23(21)36(41)42)17-35-27(38)10-3-2-6-14-33-26(37)11-5-4-9-24-28-25-18-44(24,25)28;2*1-2/h12-13,16,19,22,24-25,28H,2-11,14-15,17-18,31H2,1H3,(H2,32,39)(H,33,37)(H,34,40)(H,35,38);1-2H3;2H,1H3. The first-order valence-electron chi connectivity index (χ1n) is 17.1. The zero-order valence-electron chi connectivity index (χ0n) is 28.8. The van der Waals surface area contributed by atoms with Crippen LogP contribution in [0.5, 0.6) is 0 Å². The highest BCUT2D eigenvalue weighted by atomic mass is 32.3. The second-order valence-electron chi connectivity index (χ2n) is 12.1. The summed E-state index contributed by atoms with van der Waals surface area (Å²) < 4.78 is 5.32. The lowest BCUT2D eigenvalue weighted by atomic mass is 10.0. The molecule has 0 bridgehead atoms. The van der Waals surface area contributed by atoms with Gasteiger partial charge < -0.3 is 32.2 Å². The highest BCUT2D eigenvalue weighted by Gasteiger charge is 2.93. The van der Waals surface area contributed by atoms with Crippen LogP contribution in [0.1, 0.15) is 102 Å². The number of nitrogens with one attached hydrogen (secondary N) is 3. The lowest BCUT2D eigenvalue weighted by Crippen LogP contribution is -2.37. The summed E-state index contributed by atoms with van der Waals surface area (Å²) in [6.07, 6.45) is 7.44. The van der Waals surface area contributed by atoms with E-state index < -0.39 is 29.1 Å². The average molecular weight is 713 g/mol. The van der Waals surface area contributed by atoms with E-state index >= 15 is 0 Å². The molecule has 1 aromatic rings. The molecule has 1 spiro atoms. The lowest BCUT2D eigenvalue weighted by molar-refractivity contribution is -0.386. The predicted octanol–water partition coefficient (Wildman–Crippen LogP) is 4.35. The van der Waals surface area contributed by atoms with Crippen LogP contribution in [0.15, 0.2) is 18.2 Å². The lowest BCUT2D eigenvalue weighted by Gasteiger charge is -2.16. The van der Waals surface area contributed by atoms with Crippen molar-refractivity contribution in [3.05, 3.63) is 39.4 Å². The van der Waals surface area contributed by atoms with E-state index in [1.807, 2.05) is 13.8 Å². The number of carbonyl (C=O) groups excluding carboxylic acids is 4. The fourth-order valence-corrected chi connectivity index (χ4v) is 11.4. The van der Waals surface area contributed by atoms with Gasteiger partial charge in [-0.25, -0.2) is 14.8 Å². The number of ether oxygens (including phenoxy) is 1. The Morgan fingerprint density at radius 2 is 1.62 bits per heavy atom. The van der Waals surface area contributed by atoms with Crippen molar-refractivity contribution >= 4 is 52.2 Å². The molecule has 15 heteroatoms. The Hall–Kier alpha value is -3.04. The van der Waals surface area contributed by atoms with Gasteiger partial charge >= 0.3 is 6.09 Å². The van der Waals surface area contributed by atoms with Crippen LogP contribution in [0.2, 0.25) is 0 Å². The zero-order valence-corrected chi connectivity index (χ0v) is 30.5. The van der Waals surface area contributed by atoms with Crippen molar-refractivity contribution in [3.63, 3.8) is 0 Å². The second-order valence-corrected chi connectivity index (χ2v) is 16.0. The third-order valence-electron chi connectivity index (χ3n) is 8.92. The minimum absolute atomic E-state index is 0.0285. The Labute approximate surface area is 291 Å². The highest BCUT2D eigenvalue weighted by molar-refractivity contribution is 8.54. The second kappa shape index (κ2) is 20.5. The number of thiol groups is 1. The maximum Gasteiger partial charge on any atom is 0.407 e. The van der Waals surface area contributed by atoms with Crippen molar-refractivity contribution in [2.45, 2.75) is 119 Å². The van der Waals surface area contributed by atoms with Crippen LogP contribution in [0.4, 0.5) is 10.5 Å². The van der Waals surface area contributed by atoms with Gasteiger partial charge in [-0.2, -0.15) is 12.6 Å². The van der Waals surface area contributed by atoms with E-state index in [4.69, 9.17) is 16.2 Å². The van der Waals surface area contributed by atoms with Gasteiger partial charge in [0, 0.05) is 54.3 Å². The van der Waals surface area contributed by atoms with Crippen LogP contribution >= 0.6 is 22.7 Å². The molecule has 4 amide bonds. The largest absolute Gasteiger partial charge is 0.441 e. The Bertz CT molecular complexity index is 1250. The van der Waals surface area contributed by atoms with Crippen LogP contribution in [0.25, 0.3) is 0 Å². The molecule has 3 saturated heterocycles. The van der Waals surface area contributed by atoms with Gasteiger partial charge in [0.1, 0.15) is 6.10 Å². The molecule has 0 aliphatic carbocycles. The van der Waals surface area contributed by atoms with Gasteiger partial charge in [-0.05, 0) is 69.1 Å². The first kappa shape index (κ1) is 41.1. The first-order chi connectivity index (χ1) is 23.0. The highest BCUT2D eigenvalue weighted by Crippen LogP contribution is 3.09. The molecule has 1 aromatic carbocycles. The quantitative estimate of drug-likeness (QED) is 0.0354. The molecule has 6 atom stereocenters. The number of benzene rings is 1. The first-order valence-corrected chi connectivity index (χ1v) is 20.0. The maximum absolute atomic E-state index is 12.3. The Morgan fingerprint density at radius 3 is 2.23 bits per heavy atom. The molecule has 272 valence electrons. The summed E-state index contributed by atoms with van der Waals surface area (Å²) in [6, 6.07) is 3.62. The number of alkyl carbamates (subject to hydrolysis) is 1. The minimum atomic E-state index is -0.932. The summed E-state index contributed by atoms with van der Waals surface area (Å²) in [4.78, 5) is 58.5. The molecule has 6 unspecified atom stereocenters. The summed E-state index contributed by atoms with van der Waals surface area (Å²) in [5.74, 6) is 0.909. The van der Waals surface area contributed by atoms with Crippen molar-refractivity contribution < 1.29 is 28.8 Å². The minimum Gasteiger partial charge on any atom is -0.441 e. The maximum atomic E-state index is 12.3. The zero-order chi connectivity index (χ0) is 35.9. The summed E-state index contributed by atoms with van der Waals surface area (Å²) in [5, 5.41) is 23.3. The van der Waals surface area contributed by atoms with Gasteiger partial charge in [0.15, 0.2) is 0 Å². The van der Waals surface area contributed by atoms with Crippen LogP contribution < -0.4 is 27.4 Å². The molecule has 4 rings (SSSR count). The van der Waals surface area contributed by atoms with Crippen LogP contribution in [-0.2, 0) is 25.7 Å². The van der Waals surface area contributed by atoms with Crippen LogP contribution in [0.3, 0.4) is 0 Å². The number of nitro benzene ring substituents is 1. The van der Waals surface area contributed by atoms with E-state index in [1.165, 1.54) is 31.1 Å². The number of nitrogens with two attached hydrogens (primary N) is 2. The van der Waals surface area contributed by atoms with E-state index in [9.17, 15) is 29.3 Å². The summed E-state index contributed by atoms with van der Waals surface area (Å²) in [6.45, 7) is 6.50. The van der Waals surface area contributed by atoms with Crippen molar-refractivity contribution in [1.29, 1.82) is 0 Å². The third-order valence-corrected chi connectivity index (χ3v) is 13.7. The molecule has 0 radical (unpaired) electrons. The van der Waals surface area contributed by atoms with E-state index in [1.54, 1.807) is 24.1 Å². The number of primary amides is 1. The number of carbonyl (C=O) groups is 4. The van der Waals surface area contributed by atoms with E-state index in [0.29, 0.717) is 44.2 Å². The molecule has 48 heavy (non-hydrogen) atoms. The van der Waals surface area contributed by atoms with Gasteiger partial charge in [-0.15, -0.1) is 0 Å². The van der Waals surface area contributed by atoms with Gasteiger partial charge in [0.2, 0.25) is 17.7 Å². The van der Waals surface area contributed by atoms with Crippen LogP contribution in [0, 0.1) is 10.1 Å². The van der Waals surface area contributed by atoms with Crippen molar-refractivity contribution in [3.8, 4) is 0 Å². The molecule has 13 nitrogen and oxygen atoms in total. The number of hydrogen-bond acceptors (Lipinski definition) is 9. The van der Waals surface area contributed by atoms with Gasteiger partial charge in [0.05, 0.1) is 16.5 Å². The van der Waals surface area contributed by atoms with E-state index in [-0.39, 0.29) is 46.2 Å². The predicted molar refractivity (Wildman–Crippen MR) is 194 cm³/mol. The molecule has 0 saturated carbocycles. The number of nitro groups is 1. The van der Waals surface area contributed by atoms with E-state index in [2.05, 4.69) is 28.6 Å². The monoisotopic (exact) mass is 712 g/mol. The number of unbranched alkanes of at least 4 members (excludes halogenated alkanes) is 3. The Kier molecular flexibility index (Phi) is 17.5. The summed E-state index contributed by atoms with van der Waals surface area (Å²) in [5.41, 5.74) is 11.3. The third kappa shape index (κ3) is 12.1. The molecule has 3 aliphatic rings. The molecular formula is C33H56N6O7S2. The normalized spacial score (nSPS) is 22.9. The van der Waals surface area contributed by atoms with Crippen molar-refractivity contribution in [1.82, 2.24) is 16.0 Å². The summed E-state index contributed by atoms with van der Waals surface area (Å²) in [7, 11) is 0.0285. The van der Waals surface area contributed by atoms with Gasteiger partial charge in [0.25, 0.3) is 5.69 Å². The van der Waals surface area contributed by atoms with E-state index in [0.717, 1.165) is 29.8 Å². The fraction of sp³-hybridized carbons (Fsp3) is 0.697. The fourth-order valence-electron chi connectivity index (χ4n) is 6.07. The van der Waals surface area contributed by atoms with Gasteiger partial charge in [-0.3, -0.25) is 24.5 Å². The number of nitrogens with zero attached hydrogens (tertiary/aromatic N) is 1. The Morgan fingerprint density at radius 1 is 1.00 bits per heavy atom. The molecule has 3 heterocycles. The SMILES string of the molecule is CC.CC(OC(=O)NCCCC(N)C(N)=O)c1cc(CNC(=O)CCCCCNC(=O)CCCCC2C3C4CS243)ccc1[N+](=O)[O-].CS. The number of amides is 4. The molecule has 7 N–H and O–H groups in total. The van der Waals surface area contributed by atoms with Gasteiger partial charge in [-0.1, -0.05) is 32.8 Å². The van der Waals surface area contributed by atoms with Crippen molar-refractivity contribution in [2.75, 3.05) is 25.1 Å². The Balaban J connectivity index is 0.00000193. The number of fused-ring (bicyclic) bond motifs is 1. The van der Waals surface area contributed by atoms with Crippen molar-refractivity contribution in [2.24, 2.45) is 11.5 Å². The number of hydrogen-bond donors (Lipinski definition) is 6. The molecule has 3 aliphatic heterocycles. The molecular weight excluding hydrogens is 657 g/mol.